The number of imidazole rings is 1. The third-order valence-electron chi connectivity index (χ3n) is 2.84. The molecule has 0 amide bonds. The molecule has 0 aliphatic carbocycles. The minimum atomic E-state index is 0.250. The fraction of sp³-hybridized carbons (Fsp3) is 0.357. The summed E-state index contributed by atoms with van der Waals surface area (Å²) in [4.78, 5) is 25.3. The summed E-state index contributed by atoms with van der Waals surface area (Å²) < 4.78 is 2.91. The van der Waals surface area contributed by atoms with Crippen molar-refractivity contribution in [2.75, 3.05) is 0 Å². The fourth-order valence-electron chi connectivity index (χ4n) is 1.94. The van der Waals surface area contributed by atoms with Crippen LogP contribution in [-0.2, 0) is 22.4 Å². The Morgan fingerprint density at radius 2 is 1.95 bits per heavy atom. The van der Waals surface area contributed by atoms with Gasteiger partial charge in [0.25, 0.3) is 0 Å². The third-order valence-corrected chi connectivity index (χ3v) is 3.66. The molecule has 5 nitrogen and oxygen atoms in total. The molecule has 2 aromatic rings. The second-order valence-corrected chi connectivity index (χ2v) is 5.46. The molecule has 0 radical (unpaired) electrons. The molecular weight excluding hydrogens is 358 g/mol. The van der Waals surface area contributed by atoms with Gasteiger partial charge in [-0.05, 0) is 40.9 Å². The van der Waals surface area contributed by atoms with Gasteiger partial charge in [0.15, 0.2) is 0 Å². The summed E-state index contributed by atoms with van der Waals surface area (Å²) in [5, 5.41) is 0.673. The number of carbonyl (C=O) groups excluding carboxylic acids is 2. The van der Waals surface area contributed by atoms with Gasteiger partial charge in [-0.15, -0.1) is 0 Å². The predicted octanol–water partition coefficient (Wildman–Crippen LogP) is 3.53. The van der Waals surface area contributed by atoms with Crippen LogP contribution in [0.5, 0.6) is 0 Å². The van der Waals surface area contributed by atoms with Gasteiger partial charge in [-0.25, -0.2) is 9.97 Å². The molecule has 0 aromatic carbocycles. The molecule has 2 heterocycles. The second-order valence-electron chi connectivity index (χ2n) is 4.19. The molecule has 0 fully saturated rings. The van der Waals surface area contributed by atoms with Crippen molar-refractivity contribution in [3.63, 3.8) is 0 Å². The van der Waals surface area contributed by atoms with Crippen LogP contribution in [0, 0.1) is 6.92 Å². The first-order chi connectivity index (χ1) is 9.99. The molecule has 112 valence electrons. The van der Waals surface area contributed by atoms with Gasteiger partial charge >= 0.3 is 6.15 Å². The molecule has 0 saturated carbocycles. The largest absolute Gasteiger partial charge is 0.373 e. The SMILES string of the molecule is CCc1nc(CC)n(-c2ncc(Br)cc2C)c1Cl.O=C=O. The van der Waals surface area contributed by atoms with Crippen molar-refractivity contribution in [2.24, 2.45) is 0 Å². The molecule has 2 aromatic heterocycles. The van der Waals surface area contributed by atoms with E-state index < -0.39 is 0 Å². The maximum Gasteiger partial charge on any atom is 0.373 e. The number of hydrogen-bond acceptors (Lipinski definition) is 4. The van der Waals surface area contributed by atoms with Crippen LogP contribution in [0.1, 0.15) is 30.9 Å². The van der Waals surface area contributed by atoms with E-state index >= 15 is 0 Å². The van der Waals surface area contributed by atoms with Crippen molar-refractivity contribution in [3.05, 3.63) is 39.0 Å². The summed E-state index contributed by atoms with van der Waals surface area (Å²) >= 11 is 9.82. The molecule has 0 saturated heterocycles. The van der Waals surface area contributed by atoms with Gasteiger partial charge < -0.3 is 0 Å². The minimum Gasteiger partial charge on any atom is -0.270 e. The quantitative estimate of drug-likeness (QED) is 0.826. The van der Waals surface area contributed by atoms with E-state index in [2.05, 4.69) is 39.7 Å². The predicted molar refractivity (Wildman–Crippen MR) is 82.6 cm³/mol. The molecule has 2 rings (SSSR count). The lowest BCUT2D eigenvalue weighted by molar-refractivity contribution is -0.191. The van der Waals surface area contributed by atoms with Gasteiger partial charge in [0.2, 0.25) is 0 Å². The Balaban J connectivity index is 0.000000677. The van der Waals surface area contributed by atoms with Gasteiger partial charge in [0.1, 0.15) is 16.8 Å². The van der Waals surface area contributed by atoms with E-state index in [9.17, 15) is 0 Å². The zero-order valence-electron chi connectivity index (χ0n) is 12.0. The van der Waals surface area contributed by atoms with Crippen LogP contribution in [-0.4, -0.2) is 20.7 Å². The number of aryl methyl sites for hydroxylation is 3. The highest BCUT2D eigenvalue weighted by Gasteiger charge is 2.16. The number of nitrogens with zero attached hydrogens (tertiary/aromatic N) is 3. The Morgan fingerprint density at radius 1 is 1.33 bits per heavy atom. The highest BCUT2D eigenvalue weighted by atomic mass is 79.9. The standard InChI is InChI=1S/C13H15BrClN3.CO2/c1-4-10-12(15)18(11(5-2)17-10)13-8(3)6-9(14)7-16-13;2-1-3/h6-7H,4-5H2,1-3H3;. The lowest BCUT2D eigenvalue weighted by atomic mass is 10.3. The lowest BCUT2D eigenvalue weighted by Crippen LogP contribution is -2.05. The maximum absolute atomic E-state index is 8.12. The second kappa shape index (κ2) is 8.08. The molecule has 0 aliphatic heterocycles. The number of halogens is 2. The number of rotatable bonds is 3. The Morgan fingerprint density at radius 3 is 2.43 bits per heavy atom. The first kappa shape index (κ1) is 17.6. The average molecular weight is 373 g/mol. The van der Waals surface area contributed by atoms with Gasteiger partial charge in [-0.1, -0.05) is 25.4 Å². The highest BCUT2D eigenvalue weighted by Crippen LogP contribution is 2.26. The van der Waals surface area contributed by atoms with Crippen LogP contribution in [0.25, 0.3) is 5.82 Å². The first-order valence-electron chi connectivity index (χ1n) is 6.37. The summed E-state index contributed by atoms with van der Waals surface area (Å²) in [5.41, 5.74) is 2.00. The van der Waals surface area contributed by atoms with E-state index in [0.29, 0.717) is 5.15 Å². The Labute approximate surface area is 136 Å². The van der Waals surface area contributed by atoms with Gasteiger partial charge in [-0.3, -0.25) is 4.57 Å². The monoisotopic (exact) mass is 371 g/mol. The first-order valence-corrected chi connectivity index (χ1v) is 7.54. The van der Waals surface area contributed by atoms with Crippen LogP contribution < -0.4 is 0 Å². The van der Waals surface area contributed by atoms with E-state index in [4.69, 9.17) is 21.2 Å². The summed E-state index contributed by atoms with van der Waals surface area (Å²) in [6.07, 6.45) is 3.69. The normalized spacial score (nSPS) is 9.76. The number of pyridine rings is 1. The van der Waals surface area contributed by atoms with Crippen molar-refractivity contribution in [1.29, 1.82) is 0 Å². The molecule has 0 bridgehead atoms. The summed E-state index contributed by atoms with van der Waals surface area (Å²) in [5.74, 6) is 1.81. The highest BCUT2D eigenvalue weighted by molar-refractivity contribution is 9.10. The summed E-state index contributed by atoms with van der Waals surface area (Å²) in [7, 11) is 0. The van der Waals surface area contributed by atoms with Crippen molar-refractivity contribution < 1.29 is 9.59 Å². The van der Waals surface area contributed by atoms with E-state index in [1.165, 1.54) is 0 Å². The fourth-order valence-corrected chi connectivity index (χ4v) is 2.74. The van der Waals surface area contributed by atoms with Crippen LogP contribution in [0.4, 0.5) is 0 Å². The molecular formula is C14H15BrClN3O2. The van der Waals surface area contributed by atoms with E-state index in [-0.39, 0.29) is 6.15 Å². The zero-order chi connectivity index (χ0) is 16.0. The van der Waals surface area contributed by atoms with E-state index in [0.717, 1.165) is 40.2 Å². The topological polar surface area (TPSA) is 64.8 Å². The molecule has 7 heteroatoms. The van der Waals surface area contributed by atoms with Crippen LogP contribution >= 0.6 is 27.5 Å². The summed E-state index contributed by atoms with van der Waals surface area (Å²) in [6.45, 7) is 6.15. The zero-order valence-corrected chi connectivity index (χ0v) is 14.3. The van der Waals surface area contributed by atoms with Crippen molar-refractivity contribution in [2.45, 2.75) is 33.6 Å². The van der Waals surface area contributed by atoms with Crippen molar-refractivity contribution in [3.8, 4) is 5.82 Å². The Hall–Kier alpha value is -1.49. The maximum atomic E-state index is 8.12. The number of aromatic nitrogens is 3. The van der Waals surface area contributed by atoms with Crippen molar-refractivity contribution >= 4 is 33.7 Å². The Kier molecular flexibility index (Phi) is 6.75. The lowest BCUT2D eigenvalue weighted by Gasteiger charge is -2.10. The third kappa shape index (κ3) is 4.00. The van der Waals surface area contributed by atoms with Gasteiger partial charge in [-0.2, -0.15) is 9.59 Å². The van der Waals surface area contributed by atoms with Gasteiger partial charge in [0, 0.05) is 17.1 Å². The van der Waals surface area contributed by atoms with Gasteiger partial charge in [0.05, 0.1) is 5.69 Å². The minimum absolute atomic E-state index is 0.250. The van der Waals surface area contributed by atoms with Crippen LogP contribution in [0.15, 0.2) is 16.7 Å². The molecule has 0 N–H and O–H groups in total. The molecule has 0 atom stereocenters. The van der Waals surface area contributed by atoms with Crippen molar-refractivity contribution in [1.82, 2.24) is 14.5 Å². The molecule has 0 unspecified atom stereocenters. The molecule has 0 aliphatic rings. The van der Waals surface area contributed by atoms with Crippen LogP contribution in [0.3, 0.4) is 0 Å². The number of hydrogen-bond donors (Lipinski definition) is 0. The smallest absolute Gasteiger partial charge is 0.270 e. The Bertz CT molecular complexity index is 664. The van der Waals surface area contributed by atoms with E-state index in [1.54, 1.807) is 6.20 Å². The molecule has 0 spiro atoms. The van der Waals surface area contributed by atoms with E-state index in [1.807, 2.05) is 17.6 Å². The summed E-state index contributed by atoms with van der Waals surface area (Å²) in [6, 6.07) is 2.03. The average Bonchev–Trinajstić information content (AvgIpc) is 2.76. The molecule has 21 heavy (non-hydrogen) atoms. The van der Waals surface area contributed by atoms with Crippen LogP contribution in [0.2, 0.25) is 5.15 Å².